The Morgan fingerprint density at radius 1 is 1.28 bits per heavy atom. The van der Waals surface area contributed by atoms with Crippen LogP contribution in [0.3, 0.4) is 0 Å². The van der Waals surface area contributed by atoms with Crippen LogP contribution in [0.15, 0.2) is 39.9 Å². The van der Waals surface area contributed by atoms with Gasteiger partial charge in [-0.15, -0.1) is 0 Å². The van der Waals surface area contributed by atoms with E-state index in [1.807, 2.05) is 37.3 Å². The quantitative estimate of drug-likeness (QED) is 0.649. The van der Waals surface area contributed by atoms with E-state index in [4.69, 9.17) is 18.0 Å². The molecule has 0 bridgehead atoms. The van der Waals surface area contributed by atoms with Crippen LogP contribution < -0.4 is 27.2 Å². The molecule has 4 N–H and O–H groups in total. The van der Waals surface area contributed by atoms with E-state index in [0.29, 0.717) is 17.6 Å². The van der Waals surface area contributed by atoms with E-state index >= 15 is 0 Å². The van der Waals surface area contributed by atoms with E-state index in [2.05, 4.69) is 17.2 Å². The molecule has 0 amide bonds. The van der Waals surface area contributed by atoms with Crippen LogP contribution in [0.1, 0.15) is 45.1 Å². The van der Waals surface area contributed by atoms with Gasteiger partial charge in [0.25, 0.3) is 5.56 Å². The lowest BCUT2D eigenvalue weighted by molar-refractivity contribution is 0.309. The summed E-state index contributed by atoms with van der Waals surface area (Å²) in [6, 6.07) is 9.79. The number of nitrogen functional groups attached to an aromatic ring is 1. The summed E-state index contributed by atoms with van der Waals surface area (Å²) in [6.07, 6.45) is 4.62. The first-order chi connectivity index (χ1) is 13.9. The van der Waals surface area contributed by atoms with E-state index < -0.39 is 11.2 Å². The number of hydrogen-bond donors (Lipinski definition) is 3. The zero-order valence-electron chi connectivity index (χ0n) is 17.0. The lowest BCUT2D eigenvalue weighted by Crippen LogP contribution is -2.50. The minimum atomic E-state index is -0.532. The van der Waals surface area contributed by atoms with Gasteiger partial charge in [-0.2, -0.15) is 0 Å². The summed E-state index contributed by atoms with van der Waals surface area (Å²) in [6.45, 7) is 4.86. The standard InChI is InChI=1S/C21H29N5O2S/c1-3-25(21(29)23-16-12-8-7-9-14(16)2)17-18(22)26(20(28)24-19(17)27)13-15-10-5-4-6-11-15/h4-6,10-11,14,16H,3,7-9,12-13,22H2,1-2H3,(H,23,29)(H,24,27,28)/t14-,16+/m1/s1. The average molecular weight is 416 g/mol. The Bertz CT molecular complexity index is 969. The maximum Gasteiger partial charge on any atom is 0.330 e. The Hall–Kier alpha value is -2.61. The highest BCUT2D eigenvalue weighted by Crippen LogP contribution is 2.25. The molecule has 1 aliphatic carbocycles. The van der Waals surface area contributed by atoms with E-state index in [9.17, 15) is 9.59 Å². The predicted octanol–water partition coefficient (Wildman–Crippen LogP) is 2.45. The summed E-state index contributed by atoms with van der Waals surface area (Å²) in [4.78, 5) is 29.1. The lowest BCUT2D eigenvalue weighted by atomic mass is 9.86. The van der Waals surface area contributed by atoms with Crippen LogP contribution in [-0.4, -0.2) is 27.3 Å². The zero-order valence-corrected chi connectivity index (χ0v) is 17.8. The van der Waals surface area contributed by atoms with Crippen LogP contribution in [-0.2, 0) is 6.54 Å². The van der Waals surface area contributed by atoms with Crippen LogP contribution in [0, 0.1) is 5.92 Å². The molecule has 2 aromatic rings. The summed E-state index contributed by atoms with van der Waals surface area (Å²) in [5.74, 6) is 0.633. The smallest absolute Gasteiger partial charge is 0.330 e. The second-order valence-corrected chi connectivity index (χ2v) is 8.01. The fourth-order valence-electron chi connectivity index (χ4n) is 3.93. The number of thiocarbonyl (C=S) groups is 1. The van der Waals surface area contributed by atoms with Crippen molar-refractivity contribution in [2.75, 3.05) is 17.2 Å². The second kappa shape index (κ2) is 9.26. The summed E-state index contributed by atoms with van der Waals surface area (Å²) in [5, 5.41) is 3.88. The fourth-order valence-corrected chi connectivity index (χ4v) is 4.30. The lowest BCUT2D eigenvalue weighted by Gasteiger charge is -2.34. The summed E-state index contributed by atoms with van der Waals surface area (Å²) in [7, 11) is 0. The number of aromatic amines is 1. The molecule has 156 valence electrons. The van der Waals surface area contributed by atoms with Crippen LogP contribution in [0.5, 0.6) is 0 Å². The molecule has 0 spiro atoms. The van der Waals surface area contributed by atoms with Crippen LogP contribution in [0.2, 0.25) is 0 Å². The van der Waals surface area contributed by atoms with Crippen molar-refractivity contribution in [3.05, 3.63) is 56.7 Å². The first kappa shape index (κ1) is 21.1. The molecule has 0 radical (unpaired) electrons. The van der Waals surface area contributed by atoms with Crippen LogP contribution in [0.4, 0.5) is 11.5 Å². The maximum atomic E-state index is 12.6. The molecular weight excluding hydrogens is 386 g/mol. The van der Waals surface area contributed by atoms with E-state index in [1.54, 1.807) is 4.90 Å². The minimum Gasteiger partial charge on any atom is -0.383 e. The number of hydrogen-bond acceptors (Lipinski definition) is 4. The van der Waals surface area contributed by atoms with Crippen molar-refractivity contribution in [3.8, 4) is 0 Å². The Labute approximate surface area is 175 Å². The predicted molar refractivity (Wildman–Crippen MR) is 121 cm³/mol. The average Bonchev–Trinajstić information content (AvgIpc) is 2.70. The molecule has 1 aliphatic rings. The number of anilines is 2. The second-order valence-electron chi connectivity index (χ2n) is 7.63. The molecule has 1 aromatic heterocycles. The van der Waals surface area contributed by atoms with Gasteiger partial charge < -0.3 is 16.0 Å². The Kier molecular flexibility index (Phi) is 6.74. The third kappa shape index (κ3) is 4.70. The first-order valence-electron chi connectivity index (χ1n) is 10.2. The Balaban J connectivity index is 1.92. The first-order valence-corrected chi connectivity index (χ1v) is 10.6. The van der Waals surface area contributed by atoms with Gasteiger partial charge in [0.2, 0.25) is 0 Å². The van der Waals surface area contributed by atoms with Gasteiger partial charge in [0.1, 0.15) is 5.82 Å². The number of nitrogens with zero attached hydrogens (tertiary/aromatic N) is 2. The highest BCUT2D eigenvalue weighted by Gasteiger charge is 2.26. The SMILES string of the molecule is CCN(C(=S)N[C@H]1CCCC[C@H]1C)c1c(N)n(Cc2ccccc2)c(=O)[nH]c1=O. The van der Waals surface area contributed by atoms with Gasteiger partial charge in [-0.3, -0.25) is 14.3 Å². The molecule has 3 rings (SSSR count). The van der Waals surface area contributed by atoms with Gasteiger partial charge in [-0.1, -0.05) is 50.1 Å². The van der Waals surface area contributed by atoms with Crippen molar-refractivity contribution in [3.63, 3.8) is 0 Å². The Morgan fingerprint density at radius 2 is 1.97 bits per heavy atom. The molecule has 1 heterocycles. The highest BCUT2D eigenvalue weighted by atomic mass is 32.1. The molecule has 0 unspecified atom stereocenters. The van der Waals surface area contributed by atoms with E-state index in [1.165, 1.54) is 17.4 Å². The number of H-pyrrole nitrogens is 1. The summed E-state index contributed by atoms with van der Waals surface area (Å²) < 4.78 is 1.38. The number of aromatic nitrogens is 2. The van der Waals surface area contributed by atoms with Gasteiger partial charge in [-0.25, -0.2) is 4.79 Å². The molecule has 1 aromatic carbocycles. The molecule has 1 fully saturated rings. The maximum absolute atomic E-state index is 12.6. The van der Waals surface area contributed by atoms with Crippen molar-refractivity contribution in [2.24, 2.45) is 5.92 Å². The van der Waals surface area contributed by atoms with Crippen molar-refractivity contribution >= 4 is 28.8 Å². The normalized spacial score (nSPS) is 19.0. The number of rotatable bonds is 5. The molecular formula is C21H29N5O2S. The zero-order chi connectivity index (χ0) is 21.0. The van der Waals surface area contributed by atoms with Crippen LogP contribution in [0.25, 0.3) is 0 Å². The third-order valence-electron chi connectivity index (χ3n) is 5.65. The number of benzene rings is 1. The summed E-state index contributed by atoms with van der Waals surface area (Å²) >= 11 is 5.63. The third-order valence-corrected chi connectivity index (χ3v) is 5.99. The molecule has 0 aliphatic heterocycles. The summed E-state index contributed by atoms with van der Waals surface area (Å²) in [5.41, 5.74) is 6.39. The molecule has 1 saturated carbocycles. The van der Waals surface area contributed by atoms with Crippen molar-refractivity contribution < 1.29 is 0 Å². The van der Waals surface area contributed by atoms with E-state index in [0.717, 1.165) is 18.4 Å². The molecule has 2 atom stereocenters. The monoisotopic (exact) mass is 415 g/mol. The minimum absolute atomic E-state index is 0.116. The van der Waals surface area contributed by atoms with Gasteiger partial charge in [-0.05, 0) is 43.5 Å². The largest absolute Gasteiger partial charge is 0.383 e. The van der Waals surface area contributed by atoms with Crippen molar-refractivity contribution in [1.29, 1.82) is 0 Å². The fraction of sp³-hybridized carbons (Fsp3) is 0.476. The van der Waals surface area contributed by atoms with Gasteiger partial charge in [0.15, 0.2) is 10.8 Å². The highest BCUT2D eigenvalue weighted by molar-refractivity contribution is 7.80. The van der Waals surface area contributed by atoms with Crippen molar-refractivity contribution in [1.82, 2.24) is 14.9 Å². The molecule has 7 nitrogen and oxygen atoms in total. The number of nitrogens with one attached hydrogen (secondary N) is 2. The van der Waals surface area contributed by atoms with Gasteiger partial charge in [0, 0.05) is 12.6 Å². The van der Waals surface area contributed by atoms with Crippen molar-refractivity contribution in [2.45, 2.75) is 52.1 Å². The Morgan fingerprint density at radius 3 is 2.62 bits per heavy atom. The van der Waals surface area contributed by atoms with E-state index in [-0.39, 0.29) is 24.1 Å². The van der Waals surface area contributed by atoms with Gasteiger partial charge in [0.05, 0.1) is 6.54 Å². The van der Waals surface area contributed by atoms with Gasteiger partial charge >= 0.3 is 5.69 Å². The number of nitrogens with two attached hydrogens (primary N) is 1. The molecule has 8 heteroatoms. The topological polar surface area (TPSA) is 96.2 Å². The molecule has 0 saturated heterocycles. The molecule has 29 heavy (non-hydrogen) atoms. The van der Waals surface area contributed by atoms with Crippen LogP contribution >= 0.6 is 12.2 Å².